The molecule has 0 aromatic rings. The van der Waals surface area contributed by atoms with E-state index >= 15 is 0 Å². The van der Waals surface area contributed by atoms with Crippen LogP contribution in [0.1, 0.15) is 6.92 Å². The first-order valence-corrected chi connectivity index (χ1v) is 6.08. The standard InChI is InChI=1S/C7H10IN/c1-3-7-6(8-2)4-5-9-7/h3-5,9H,1-2H3/b7-3+. The molecule has 0 atom stereocenters. The topological polar surface area (TPSA) is 12.0 Å². The zero-order valence-corrected chi connectivity index (χ0v) is 7.77. The van der Waals surface area contributed by atoms with Crippen molar-refractivity contribution in [3.8, 4) is 0 Å². The zero-order chi connectivity index (χ0) is 6.69. The van der Waals surface area contributed by atoms with Gasteiger partial charge in [-0.25, -0.2) is 0 Å². The monoisotopic (exact) mass is 235 g/mol. The molecule has 0 aliphatic carbocycles. The van der Waals surface area contributed by atoms with Crippen LogP contribution in [0.25, 0.3) is 0 Å². The Morgan fingerprint density at radius 2 is 2.44 bits per heavy atom. The molecule has 0 bridgehead atoms. The number of hydrogen-bond acceptors (Lipinski definition) is 1. The fourth-order valence-electron chi connectivity index (χ4n) is 0.749. The van der Waals surface area contributed by atoms with Crippen molar-refractivity contribution < 1.29 is 0 Å². The highest BCUT2D eigenvalue weighted by Gasteiger charge is 2.02. The lowest BCUT2D eigenvalue weighted by Crippen LogP contribution is -2.02. The summed E-state index contributed by atoms with van der Waals surface area (Å²) in [7, 11) is 0. The average molecular weight is 235 g/mol. The zero-order valence-electron chi connectivity index (χ0n) is 5.61. The minimum absolute atomic E-state index is 0.256. The molecule has 0 saturated carbocycles. The van der Waals surface area contributed by atoms with Gasteiger partial charge in [-0.2, -0.15) is 0 Å². The fourth-order valence-corrected chi connectivity index (χ4v) is 2.34. The molecule has 1 aliphatic rings. The number of halogens is 1. The van der Waals surface area contributed by atoms with Gasteiger partial charge in [-0.1, -0.05) is 6.08 Å². The lowest BCUT2D eigenvalue weighted by molar-refractivity contribution is 1.17. The smallest absolute Gasteiger partial charge is 0.0465 e. The normalized spacial score (nSPS) is 26.4. The Hall–Kier alpha value is -0.120. The second-order valence-electron chi connectivity index (χ2n) is 1.72. The quantitative estimate of drug-likeness (QED) is 0.498. The number of alkyl halides is 1. The minimum Gasteiger partial charge on any atom is -0.361 e. The molecule has 1 N–H and O–H groups in total. The first-order chi connectivity index (χ1) is 4.38. The Morgan fingerprint density at radius 3 is 2.89 bits per heavy atom. The molecular weight excluding hydrogens is 225 g/mol. The van der Waals surface area contributed by atoms with Gasteiger partial charge < -0.3 is 5.32 Å². The number of hydrogen-bond donors (Lipinski definition) is 1. The van der Waals surface area contributed by atoms with Crippen molar-refractivity contribution in [1.82, 2.24) is 5.32 Å². The van der Waals surface area contributed by atoms with E-state index in [1.165, 1.54) is 9.21 Å². The maximum Gasteiger partial charge on any atom is 0.0465 e. The summed E-state index contributed by atoms with van der Waals surface area (Å²) >= 11 is 0.256. The van der Waals surface area contributed by atoms with Gasteiger partial charge >= 0.3 is 0 Å². The molecule has 1 heterocycles. The molecule has 0 amide bonds. The van der Waals surface area contributed by atoms with E-state index in [2.05, 4.69) is 29.3 Å². The van der Waals surface area contributed by atoms with Crippen LogP contribution in [0.2, 0.25) is 0 Å². The van der Waals surface area contributed by atoms with Crippen molar-refractivity contribution in [1.29, 1.82) is 0 Å². The fraction of sp³-hybridized carbons (Fsp3) is 0.286. The summed E-state index contributed by atoms with van der Waals surface area (Å²) in [5.74, 6) is 0. The number of rotatable bonds is 0. The molecule has 0 spiro atoms. The third-order valence-electron chi connectivity index (χ3n) is 1.22. The van der Waals surface area contributed by atoms with Crippen molar-refractivity contribution in [2.75, 3.05) is 4.93 Å². The molecule has 0 aromatic heterocycles. The molecule has 0 fully saturated rings. The summed E-state index contributed by atoms with van der Waals surface area (Å²) in [6.07, 6.45) is 6.30. The second-order valence-corrected chi connectivity index (χ2v) is 3.96. The lowest BCUT2D eigenvalue weighted by Gasteiger charge is -1.95. The van der Waals surface area contributed by atoms with Gasteiger partial charge in [0.15, 0.2) is 0 Å². The van der Waals surface area contributed by atoms with Crippen molar-refractivity contribution >= 4 is 24.2 Å². The first-order valence-electron chi connectivity index (χ1n) is 2.84. The van der Waals surface area contributed by atoms with Crippen molar-refractivity contribution in [3.05, 3.63) is 24.0 Å². The van der Waals surface area contributed by atoms with E-state index in [1.54, 1.807) is 0 Å². The summed E-state index contributed by atoms with van der Waals surface area (Å²) in [5.41, 5.74) is 1.31. The van der Waals surface area contributed by atoms with E-state index in [9.17, 15) is 0 Å². The highest BCUT2D eigenvalue weighted by molar-refractivity contribution is 14.2. The molecule has 2 heteroatoms. The first kappa shape index (κ1) is 6.99. The highest BCUT2D eigenvalue weighted by Crippen LogP contribution is 2.09. The van der Waals surface area contributed by atoms with Crippen molar-refractivity contribution in [2.24, 2.45) is 0 Å². The molecule has 0 radical (unpaired) electrons. The van der Waals surface area contributed by atoms with Gasteiger partial charge in [0.2, 0.25) is 0 Å². The van der Waals surface area contributed by atoms with Gasteiger partial charge in [-0.15, -0.1) is 20.7 Å². The van der Waals surface area contributed by atoms with Crippen LogP contribution in [0.5, 0.6) is 0 Å². The Kier molecular flexibility index (Phi) is 2.45. The SMILES string of the molecule is C/C=C1/NC=CC1=IC. The molecule has 9 heavy (non-hydrogen) atoms. The predicted octanol–water partition coefficient (Wildman–Crippen LogP) is 1.78. The Morgan fingerprint density at radius 1 is 1.67 bits per heavy atom. The van der Waals surface area contributed by atoms with Crippen molar-refractivity contribution in [3.63, 3.8) is 0 Å². The maximum atomic E-state index is 3.18. The van der Waals surface area contributed by atoms with Gasteiger partial charge in [0.1, 0.15) is 0 Å². The Labute approximate surface area is 65.6 Å². The van der Waals surface area contributed by atoms with Gasteiger partial charge in [0.05, 0.1) is 0 Å². The van der Waals surface area contributed by atoms with Crippen LogP contribution in [0.3, 0.4) is 0 Å². The second kappa shape index (κ2) is 3.15. The minimum atomic E-state index is 0.256. The Balaban J connectivity index is 2.84. The van der Waals surface area contributed by atoms with E-state index in [0.29, 0.717) is 0 Å². The third-order valence-corrected chi connectivity index (χ3v) is 3.32. The molecular formula is C7H10IN. The third kappa shape index (κ3) is 1.41. The van der Waals surface area contributed by atoms with E-state index in [-0.39, 0.29) is 20.7 Å². The van der Waals surface area contributed by atoms with Gasteiger partial charge in [-0.05, 0) is 17.9 Å². The van der Waals surface area contributed by atoms with Crippen LogP contribution < -0.4 is 5.32 Å². The van der Waals surface area contributed by atoms with Crippen molar-refractivity contribution in [2.45, 2.75) is 6.92 Å². The summed E-state index contributed by atoms with van der Waals surface area (Å²) in [4.78, 5) is 2.27. The van der Waals surface area contributed by atoms with Crippen LogP contribution in [-0.2, 0) is 0 Å². The summed E-state index contributed by atoms with van der Waals surface area (Å²) in [6.45, 7) is 2.06. The largest absolute Gasteiger partial charge is 0.361 e. The molecule has 1 rings (SSSR count). The highest BCUT2D eigenvalue weighted by atomic mass is 127. The average Bonchev–Trinajstić information content (AvgIpc) is 2.33. The lowest BCUT2D eigenvalue weighted by atomic mass is 10.3. The van der Waals surface area contributed by atoms with Crippen LogP contribution in [-0.4, -0.2) is 8.44 Å². The number of nitrogens with one attached hydrogen (secondary N) is 1. The number of allylic oxidation sites excluding steroid dienone is 2. The van der Waals surface area contributed by atoms with Gasteiger partial charge in [-0.3, -0.25) is 0 Å². The predicted molar refractivity (Wildman–Crippen MR) is 51.0 cm³/mol. The van der Waals surface area contributed by atoms with E-state index in [4.69, 9.17) is 0 Å². The Bertz CT molecular complexity index is 189. The van der Waals surface area contributed by atoms with Crippen LogP contribution in [0.4, 0.5) is 0 Å². The van der Waals surface area contributed by atoms with Crippen LogP contribution in [0.15, 0.2) is 24.0 Å². The molecule has 1 aliphatic heterocycles. The van der Waals surface area contributed by atoms with Gasteiger partial charge in [0, 0.05) is 15.4 Å². The molecule has 0 saturated heterocycles. The van der Waals surface area contributed by atoms with Gasteiger partial charge in [0.25, 0.3) is 0 Å². The van der Waals surface area contributed by atoms with E-state index < -0.39 is 0 Å². The summed E-state index contributed by atoms with van der Waals surface area (Å²) < 4.78 is 1.51. The molecule has 0 unspecified atom stereocenters. The van der Waals surface area contributed by atoms with E-state index in [0.717, 1.165) is 0 Å². The summed E-state index contributed by atoms with van der Waals surface area (Å²) in [6, 6.07) is 0. The van der Waals surface area contributed by atoms with E-state index in [1.807, 2.05) is 6.20 Å². The molecule has 0 aromatic carbocycles. The summed E-state index contributed by atoms with van der Waals surface area (Å²) in [5, 5.41) is 3.18. The van der Waals surface area contributed by atoms with Crippen LogP contribution in [0, 0.1) is 0 Å². The maximum absolute atomic E-state index is 3.18. The molecule has 50 valence electrons. The molecule has 1 nitrogen and oxygen atoms in total. The van der Waals surface area contributed by atoms with Crippen LogP contribution >= 0.6 is 20.7 Å².